The van der Waals surface area contributed by atoms with Crippen LogP contribution in [0.15, 0.2) is 18.2 Å². The summed E-state index contributed by atoms with van der Waals surface area (Å²) in [5.41, 5.74) is 4.18. The van der Waals surface area contributed by atoms with Crippen LogP contribution in [0.25, 0.3) is 0 Å². The molecule has 0 aromatic heterocycles. The van der Waals surface area contributed by atoms with Crippen LogP contribution in [0.4, 0.5) is 0 Å². The Kier molecular flexibility index (Phi) is 6.90. The second-order valence-electron chi connectivity index (χ2n) is 4.50. The summed E-state index contributed by atoms with van der Waals surface area (Å²) in [6, 6.07) is 6.49. The van der Waals surface area contributed by atoms with Gasteiger partial charge in [-0.15, -0.1) is 0 Å². The van der Waals surface area contributed by atoms with Crippen LogP contribution in [-0.2, 0) is 11.3 Å². The third kappa shape index (κ3) is 5.33. The van der Waals surface area contributed by atoms with Crippen molar-refractivity contribution in [1.82, 2.24) is 5.32 Å². The molecule has 0 atom stereocenters. The molecule has 0 aliphatic carbocycles. The van der Waals surface area contributed by atoms with E-state index in [2.05, 4.69) is 44.3 Å². The van der Waals surface area contributed by atoms with E-state index < -0.39 is 0 Å². The van der Waals surface area contributed by atoms with Gasteiger partial charge in [0.05, 0.1) is 0 Å². The van der Waals surface area contributed by atoms with Crippen molar-refractivity contribution in [2.24, 2.45) is 0 Å². The van der Waals surface area contributed by atoms with Gasteiger partial charge in [0.15, 0.2) is 0 Å². The molecule has 2 nitrogen and oxygen atoms in total. The fourth-order valence-electron chi connectivity index (χ4n) is 1.77. The summed E-state index contributed by atoms with van der Waals surface area (Å²) in [5, 5.41) is 3.47. The molecule has 0 saturated heterocycles. The lowest BCUT2D eigenvalue weighted by Crippen LogP contribution is -2.17. The summed E-state index contributed by atoms with van der Waals surface area (Å²) in [5.74, 6) is 0. The maximum atomic E-state index is 5.44. The van der Waals surface area contributed by atoms with Crippen molar-refractivity contribution in [2.75, 3.05) is 19.8 Å². The van der Waals surface area contributed by atoms with E-state index in [1.54, 1.807) is 0 Å². The zero-order valence-electron chi connectivity index (χ0n) is 11.4. The molecule has 0 unspecified atom stereocenters. The first-order chi connectivity index (χ1) is 8.25. The van der Waals surface area contributed by atoms with Crippen molar-refractivity contribution in [3.8, 4) is 0 Å². The Bertz CT molecular complexity index is 323. The summed E-state index contributed by atoms with van der Waals surface area (Å²) < 4.78 is 5.44. The van der Waals surface area contributed by atoms with Gasteiger partial charge in [-0.05, 0) is 49.9 Å². The van der Waals surface area contributed by atoms with E-state index in [0.717, 1.165) is 39.1 Å². The monoisotopic (exact) mass is 235 g/mol. The smallest absolute Gasteiger partial charge is 0.0478 e. The maximum absolute atomic E-state index is 5.44. The molecular formula is C15H25NO. The van der Waals surface area contributed by atoms with E-state index in [1.807, 2.05) is 0 Å². The third-order valence-electron chi connectivity index (χ3n) is 3.02. The Labute approximate surface area is 105 Å². The highest BCUT2D eigenvalue weighted by Gasteiger charge is 1.99. The van der Waals surface area contributed by atoms with Crippen LogP contribution in [0.5, 0.6) is 0 Å². The molecule has 1 aromatic rings. The Morgan fingerprint density at radius 1 is 1.18 bits per heavy atom. The number of benzene rings is 1. The largest absolute Gasteiger partial charge is 0.381 e. The molecule has 17 heavy (non-hydrogen) atoms. The molecular weight excluding hydrogens is 210 g/mol. The quantitative estimate of drug-likeness (QED) is 0.699. The van der Waals surface area contributed by atoms with Gasteiger partial charge >= 0.3 is 0 Å². The lowest BCUT2D eigenvalue weighted by Gasteiger charge is -2.10. The molecule has 0 fully saturated rings. The number of aryl methyl sites for hydroxylation is 1. The number of ether oxygens (including phenoxy) is 1. The molecule has 1 rings (SSSR count). The SMILES string of the molecule is CCCOCCCNCc1cccc(C)c1C. The zero-order chi connectivity index (χ0) is 12.5. The zero-order valence-corrected chi connectivity index (χ0v) is 11.4. The van der Waals surface area contributed by atoms with Crippen LogP contribution in [-0.4, -0.2) is 19.8 Å². The van der Waals surface area contributed by atoms with Crippen molar-refractivity contribution in [1.29, 1.82) is 0 Å². The topological polar surface area (TPSA) is 21.3 Å². The molecule has 0 bridgehead atoms. The molecule has 0 saturated carbocycles. The fraction of sp³-hybridized carbons (Fsp3) is 0.600. The normalized spacial score (nSPS) is 10.8. The molecule has 0 amide bonds. The average Bonchev–Trinajstić information content (AvgIpc) is 2.33. The van der Waals surface area contributed by atoms with Crippen LogP contribution in [0.3, 0.4) is 0 Å². The van der Waals surface area contributed by atoms with Crippen molar-refractivity contribution >= 4 is 0 Å². The van der Waals surface area contributed by atoms with Crippen LogP contribution in [0, 0.1) is 13.8 Å². The highest BCUT2D eigenvalue weighted by atomic mass is 16.5. The molecule has 1 aromatic carbocycles. The van der Waals surface area contributed by atoms with Crippen molar-refractivity contribution in [3.05, 3.63) is 34.9 Å². The lowest BCUT2D eigenvalue weighted by atomic mass is 10.0. The molecule has 1 N–H and O–H groups in total. The van der Waals surface area contributed by atoms with Crippen molar-refractivity contribution in [3.63, 3.8) is 0 Å². The summed E-state index contributed by atoms with van der Waals surface area (Å²) in [6.07, 6.45) is 2.20. The molecule has 0 spiro atoms. The van der Waals surface area contributed by atoms with Gasteiger partial charge in [0, 0.05) is 19.8 Å². The average molecular weight is 235 g/mol. The summed E-state index contributed by atoms with van der Waals surface area (Å²) >= 11 is 0. The number of rotatable bonds is 8. The highest BCUT2D eigenvalue weighted by molar-refractivity contribution is 5.32. The molecule has 0 aliphatic heterocycles. The van der Waals surface area contributed by atoms with Gasteiger partial charge in [-0.25, -0.2) is 0 Å². The summed E-state index contributed by atoms with van der Waals surface area (Å²) in [6.45, 7) is 10.2. The lowest BCUT2D eigenvalue weighted by molar-refractivity contribution is 0.132. The van der Waals surface area contributed by atoms with Gasteiger partial charge in [0.1, 0.15) is 0 Å². The maximum Gasteiger partial charge on any atom is 0.0478 e. The minimum atomic E-state index is 0.869. The predicted octanol–water partition coefficient (Wildman–Crippen LogP) is 3.21. The van der Waals surface area contributed by atoms with Gasteiger partial charge < -0.3 is 10.1 Å². The number of hydrogen-bond acceptors (Lipinski definition) is 2. The Morgan fingerprint density at radius 2 is 2.00 bits per heavy atom. The predicted molar refractivity (Wildman–Crippen MR) is 73.3 cm³/mol. The first kappa shape index (κ1) is 14.2. The highest BCUT2D eigenvalue weighted by Crippen LogP contribution is 2.11. The van der Waals surface area contributed by atoms with Crippen LogP contribution < -0.4 is 5.32 Å². The van der Waals surface area contributed by atoms with Gasteiger partial charge in [-0.2, -0.15) is 0 Å². The Morgan fingerprint density at radius 3 is 2.76 bits per heavy atom. The van der Waals surface area contributed by atoms with Gasteiger partial charge in [0.2, 0.25) is 0 Å². The minimum Gasteiger partial charge on any atom is -0.381 e. The van der Waals surface area contributed by atoms with E-state index in [4.69, 9.17) is 4.74 Å². The third-order valence-corrected chi connectivity index (χ3v) is 3.02. The molecule has 0 aliphatic rings. The first-order valence-corrected chi connectivity index (χ1v) is 6.59. The van der Waals surface area contributed by atoms with E-state index >= 15 is 0 Å². The second-order valence-corrected chi connectivity index (χ2v) is 4.50. The van der Waals surface area contributed by atoms with E-state index in [0.29, 0.717) is 0 Å². The number of hydrogen-bond donors (Lipinski definition) is 1. The standard InChI is InChI=1S/C15H25NO/c1-4-10-17-11-6-9-16-12-15-8-5-7-13(2)14(15)3/h5,7-8,16H,4,6,9-12H2,1-3H3. The summed E-state index contributed by atoms with van der Waals surface area (Å²) in [4.78, 5) is 0. The van der Waals surface area contributed by atoms with Crippen molar-refractivity contribution in [2.45, 2.75) is 40.2 Å². The Balaban J connectivity index is 2.16. The van der Waals surface area contributed by atoms with Crippen LogP contribution >= 0.6 is 0 Å². The molecule has 96 valence electrons. The van der Waals surface area contributed by atoms with Crippen LogP contribution in [0.2, 0.25) is 0 Å². The summed E-state index contributed by atoms with van der Waals surface area (Å²) in [7, 11) is 0. The first-order valence-electron chi connectivity index (χ1n) is 6.59. The minimum absolute atomic E-state index is 0.869. The molecule has 0 radical (unpaired) electrons. The second kappa shape index (κ2) is 8.26. The van der Waals surface area contributed by atoms with E-state index in [1.165, 1.54) is 16.7 Å². The van der Waals surface area contributed by atoms with Gasteiger partial charge in [0.25, 0.3) is 0 Å². The molecule has 0 heterocycles. The van der Waals surface area contributed by atoms with Crippen molar-refractivity contribution < 1.29 is 4.74 Å². The Hall–Kier alpha value is -0.860. The van der Waals surface area contributed by atoms with Crippen LogP contribution in [0.1, 0.15) is 36.5 Å². The number of nitrogens with one attached hydrogen (secondary N) is 1. The van der Waals surface area contributed by atoms with E-state index in [9.17, 15) is 0 Å². The molecule has 2 heteroatoms. The fourth-order valence-corrected chi connectivity index (χ4v) is 1.77. The van der Waals surface area contributed by atoms with Gasteiger partial charge in [-0.3, -0.25) is 0 Å². The van der Waals surface area contributed by atoms with Gasteiger partial charge in [-0.1, -0.05) is 25.1 Å². The van der Waals surface area contributed by atoms with E-state index in [-0.39, 0.29) is 0 Å².